The molecule has 4 aromatic carbocycles. The average molecular weight is 457 g/mol. The maximum atomic E-state index is 8.98. The molecule has 0 saturated carbocycles. The topological polar surface area (TPSA) is 42.2 Å². The summed E-state index contributed by atoms with van der Waals surface area (Å²) in [4.78, 5) is 0. The number of benzene rings is 4. The van der Waals surface area contributed by atoms with Gasteiger partial charge in [-0.2, -0.15) is 5.26 Å². The van der Waals surface area contributed by atoms with Gasteiger partial charge in [-0.1, -0.05) is 84.9 Å². The van der Waals surface area contributed by atoms with Crippen molar-refractivity contribution in [3.63, 3.8) is 0 Å². The lowest BCUT2D eigenvalue weighted by molar-refractivity contribution is 0.00578. The molecule has 4 aromatic rings. The highest BCUT2D eigenvalue weighted by atomic mass is 16.7. The van der Waals surface area contributed by atoms with Crippen LogP contribution in [0, 0.1) is 11.3 Å². The van der Waals surface area contributed by atoms with E-state index in [0.717, 1.165) is 22.2 Å². The quantitative estimate of drug-likeness (QED) is 0.315. The first kappa shape index (κ1) is 23.1. The highest BCUT2D eigenvalue weighted by Crippen LogP contribution is 2.36. The Morgan fingerprint density at radius 3 is 1.11 bits per heavy atom. The molecule has 1 heterocycles. The summed E-state index contributed by atoms with van der Waals surface area (Å²) < 4.78 is 12.3. The summed E-state index contributed by atoms with van der Waals surface area (Å²) in [5, 5.41) is 8.98. The van der Waals surface area contributed by atoms with Crippen LogP contribution >= 0.6 is 0 Å². The fourth-order valence-electron chi connectivity index (χ4n) is 4.26. The van der Waals surface area contributed by atoms with Crippen molar-refractivity contribution in [2.24, 2.45) is 0 Å². The summed E-state index contributed by atoms with van der Waals surface area (Å²) in [7, 11) is -0.344. The first-order valence-electron chi connectivity index (χ1n) is 11.9. The van der Waals surface area contributed by atoms with Gasteiger partial charge in [-0.05, 0) is 78.7 Å². The van der Waals surface area contributed by atoms with Crippen LogP contribution in [0.5, 0.6) is 0 Å². The van der Waals surface area contributed by atoms with Crippen LogP contribution in [-0.2, 0) is 9.31 Å². The third kappa shape index (κ3) is 4.54. The molecule has 0 aliphatic carbocycles. The number of rotatable bonds is 4. The Labute approximate surface area is 208 Å². The first-order chi connectivity index (χ1) is 16.8. The minimum absolute atomic E-state index is 0.341. The van der Waals surface area contributed by atoms with E-state index in [1.54, 1.807) is 0 Å². The molecule has 172 valence electrons. The van der Waals surface area contributed by atoms with Crippen LogP contribution in [0.25, 0.3) is 33.4 Å². The maximum absolute atomic E-state index is 8.98. The summed E-state index contributed by atoms with van der Waals surface area (Å²) in [6, 6.07) is 35.4. The number of hydrogen-bond donors (Lipinski definition) is 0. The van der Waals surface area contributed by atoms with E-state index < -0.39 is 0 Å². The van der Waals surface area contributed by atoms with E-state index in [9.17, 15) is 0 Å². The summed E-state index contributed by atoms with van der Waals surface area (Å²) in [6.07, 6.45) is 0. The van der Waals surface area contributed by atoms with Crippen molar-refractivity contribution in [3.05, 3.63) is 103 Å². The van der Waals surface area contributed by atoms with Gasteiger partial charge in [0, 0.05) is 0 Å². The minimum atomic E-state index is -0.344. The molecule has 1 fully saturated rings. The average Bonchev–Trinajstić information content (AvgIpc) is 3.11. The molecular formula is C31H28BNO2. The summed E-state index contributed by atoms with van der Waals surface area (Å²) in [5.41, 5.74) is 7.94. The van der Waals surface area contributed by atoms with E-state index in [4.69, 9.17) is 14.6 Å². The zero-order valence-corrected chi connectivity index (χ0v) is 20.6. The normalized spacial score (nSPS) is 16.1. The van der Waals surface area contributed by atoms with Crippen LogP contribution in [-0.4, -0.2) is 18.3 Å². The van der Waals surface area contributed by atoms with E-state index in [1.807, 2.05) is 24.3 Å². The van der Waals surface area contributed by atoms with E-state index in [0.29, 0.717) is 5.56 Å². The second-order valence-electron chi connectivity index (χ2n) is 10.1. The second-order valence-corrected chi connectivity index (χ2v) is 10.1. The zero-order valence-electron chi connectivity index (χ0n) is 20.6. The molecule has 1 aliphatic rings. The molecule has 0 spiro atoms. The molecule has 3 nitrogen and oxygen atoms in total. The maximum Gasteiger partial charge on any atom is 0.494 e. The predicted octanol–water partition coefficient (Wildman–Crippen LogP) is 6.86. The van der Waals surface area contributed by atoms with Crippen molar-refractivity contribution in [1.29, 1.82) is 5.26 Å². The largest absolute Gasteiger partial charge is 0.494 e. The molecule has 4 heteroatoms. The monoisotopic (exact) mass is 457 g/mol. The lowest BCUT2D eigenvalue weighted by Gasteiger charge is -2.32. The van der Waals surface area contributed by atoms with Gasteiger partial charge < -0.3 is 9.31 Å². The van der Waals surface area contributed by atoms with Crippen molar-refractivity contribution >= 4 is 12.6 Å². The van der Waals surface area contributed by atoms with Crippen molar-refractivity contribution in [1.82, 2.24) is 0 Å². The van der Waals surface area contributed by atoms with Gasteiger partial charge in [0.05, 0.1) is 22.8 Å². The molecular weight excluding hydrogens is 429 g/mol. The fraction of sp³-hybridized carbons (Fsp3) is 0.194. The van der Waals surface area contributed by atoms with Crippen molar-refractivity contribution in [2.75, 3.05) is 0 Å². The number of nitrogens with zero attached hydrogens (tertiary/aromatic N) is 1. The molecule has 0 atom stereocenters. The molecule has 0 amide bonds. The van der Waals surface area contributed by atoms with Gasteiger partial charge in [-0.25, -0.2) is 0 Å². The summed E-state index contributed by atoms with van der Waals surface area (Å²) >= 11 is 0. The summed E-state index contributed by atoms with van der Waals surface area (Å²) in [5.74, 6) is 0. The Kier molecular flexibility index (Phi) is 5.85. The smallest absolute Gasteiger partial charge is 0.399 e. The highest BCUT2D eigenvalue weighted by Gasteiger charge is 2.51. The Hall–Kier alpha value is -3.65. The molecule has 0 radical (unpaired) electrons. The zero-order chi connectivity index (χ0) is 24.6. The Bertz CT molecular complexity index is 1350. The van der Waals surface area contributed by atoms with Gasteiger partial charge in [0.15, 0.2) is 0 Å². The third-order valence-corrected chi connectivity index (χ3v) is 7.22. The molecule has 5 rings (SSSR count). The van der Waals surface area contributed by atoms with Gasteiger partial charge in [0.1, 0.15) is 0 Å². The van der Waals surface area contributed by atoms with Crippen LogP contribution < -0.4 is 5.46 Å². The standard InChI is InChI=1S/C31H28BNO2/c1-30(2)31(3,4)35-32(34-30)29-19-17-28(18-20-29)27-15-13-26(14-16-27)25-11-9-24(10-12-25)23-7-5-22(21-33)6-8-23/h5-20H,1-4H3. The molecule has 0 N–H and O–H groups in total. The van der Waals surface area contributed by atoms with Crippen molar-refractivity contribution < 1.29 is 9.31 Å². The predicted molar refractivity (Wildman–Crippen MR) is 143 cm³/mol. The van der Waals surface area contributed by atoms with Crippen molar-refractivity contribution in [2.45, 2.75) is 38.9 Å². The third-order valence-electron chi connectivity index (χ3n) is 7.22. The minimum Gasteiger partial charge on any atom is -0.399 e. The Balaban J connectivity index is 1.30. The molecule has 0 aromatic heterocycles. The highest BCUT2D eigenvalue weighted by molar-refractivity contribution is 6.62. The Morgan fingerprint density at radius 2 is 0.800 bits per heavy atom. The molecule has 1 saturated heterocycles. The van der Waals surface area contributed by atoms with Gasteiger partial charge in [-0.3, -0.25) is 0 Å². The number of nitriles is 1. The van der Waals surface area contributed by atoms with Gasteiger partial charge in [0.2, 0.25) is 0 Å². The van der Waals surface area contributed by atoms with Crippen LogP contribution in [0.1, 0.15) is 33.3 Å². The lowest BCUT2D eigenvalue weighted by Crippen LogP contribution is -2.41. The first-order valence-corrected chi connectivity index (χ1v) is 11.9. The molecule has 0 bridgehead atoms. The van der Waals surface area contributed by atoms with Crippen LogP contribution in [0.2, 0.25) is 0 Å². The van der Waals surface area contributed by atoms with E-state index in [1.165, 1.54) is 16.7 Å². The van der Waals surface area contributed by atoms with Gasteiger partial charge in [-0.15, -0.1) is 0 Å². The number of hydrogen-bond acceptors (Lipinski definition) is 3. The van der Waals surface area contributed by atoms with Crippen molar-refractivity contribution in [3.8, 4) is 39.4 Å². The van der Waals surface area contributed by atoms with E-state index >= 15 is 0 Å². The molecule has 1 aliphatic heterocycles. The fourth-order valence-corrected chi connectivity index (χ4v) is 4.26. The lowest BCUT2D eigenvalue weighted by atomic mass is 9.78. The SMILES string of the molecule is CC1(C)OB(c2ccc(-c3ccc(-c4ccc(-c5ccc(C#N)cc5)cc4)cc3)cc2)OC1(C)C. The summed E-state index contributed by atoms with van der Waals surface area (Å²) in [6.45, 7) is 8.29. The van der Waals surface area contributed by atoms with Gasteiger partial charge >= 0.3 is 7.12 Å². The van der Waals surface area contributed by atoms with Crippen LogP contribution in [0.4, 0.5) is 0 Å². The van der Waals surface area contributed by atoms with E-state index in [-0.39, 0.29) is 18.3 Å². The Morgan fingerprint density at radius 1 is 0.514 bits per heavy atom. The molecule has 35 heavy (non-hydrogen) atoms. The van der Waals surface area contributed by atoms with Gasteiger partial charge in [0.25, 0.3) is 0 Å². The second kappa shape index (κ2) is 8.85. The van der Waals surface area contributed by atoms with Crippen LogP contribution in [0.3, 0.4) is 0 Å². The van der Waals surface area contributed by atoms with E-state index in [2.05, 4.69) is 107 Å². The molecule has 0 unspecified atom stereocenters. The van der Waals surface area contributed by atoms with Crippen LogP contribution in [0.15, 0.2) is 97.1 Å².